The third kappa shape index (κ3) is 5.46. The number of hydrogen-bond acceptors (Lipinski definition) is 4. The van der Waals surface area contributed by atoms with Gasteiger partial charge in [0.05, 0.1) is 6.61 Å². The van der Waals surface area contributed by atoms with Crippen LogP contribution in [0, 0.1) is 11.8 Å². The molecule has 3 fully saturated rings. The number of piperidine rings is 1. The van der Waals surface area contributed by atoms with Gasteiger partial charge in [-0.15, -0.1) is 0 Å². The Hall–Kier alpha value is -0.160. The number of piperazine rings is 1. The topological polar surface area (TPSA) is 19.0 Å². The van der Waals surface area contributed by atoms with Crippen LogP contribution in [0.4, 0.5) is 0 Å². The highest BCUT2D eigenvalue weighted by molar-refractivity contribution is 4.92. The number of ether oxygens (including phenoxy) is 1. The lowest BCUT2D eigenvalue weighted by atomic mass is 9.79. The smallest absolute Gasteiger partial charge is 0.0630 e. The van der Waals surface area contributed by atoms with Gasteiger partial charge in [0.15, 0.2) is 0 Å². The van der Waals surface area contributed by atoms with Crippen molar-refractivity contribution >= 4 is 0 Å². The second kappa shape index (κ2) is 10.0. The molecular formula is C23H45N3O. The summed E-state index contributed by atoms with van der Waals surface area (Å²) < 4.78 is 5.67. The molecule has 4 nitrogen and oxygen atoms in total. The molecule has 158 valence electrons. The van der Waals surface area contributed by atoms with Crippen molar-refractivity contribution in [2.24, 2.45) is 11.8 Å². The molecule has 2 heterocycles. The summed E-state index contributed by atoms with van der Waals surface area (Å²) in [5.41, 5.74) is 0. The molecule has 27 heavy (non-hydrogen) atoms. The zero-order valence-corrected chi connectivity index (χ0v) is 18.7. The highest BCUT2D eigenvalue weighted by Crippen LogP contribution is 2.34. The minimum absolute atomic E-state index is 0.590. The van der Waals surface area contributed by atoms with Crippen LogP contribution < -0.4 is 0 Å². The predicted octanol–water partition coefficient (Wildman–Crippen LogP) is 3.71. The second-order valence-corrected chi connectivity index (χ2v) is 10.0. The summed E-state index contributed by atoms with van der Waals surface area (Å²) >= 11 is 0. The average molecular weight is 380 g/mol. The first-order valence-electron chi connectivity index (χ1n) is 11.7. The summed E-state index contributed by atoms with van der Waals surface area (Å²) in [5.74, 6) is 1.81. The second-order valence-electron chi connectivity index (χ2n) is 10.0. The zero-order valence-electron chi connectivity index (χ0n) is 18.7. The van der Waals surface area contributed by atoms with Crippen LogP contribution in [0.2, 0.25) is 0 Å². The van der Waals surface area contributed by atoms with E-state index in [1.54, 1.807) is 0 Å². The maximum Gasteiger partial charge on any atom is 0.0630 e. The maximum atomic E-state index is 5.67. The van der Waals surface area contributed by atoms with Crippen molar-refractivity contribution in [2.45, 2.75) is 90.4 Å². The first-order chi connectivity index (χ1) is 13.0. The Kier molecular flexibility index (Phi) is 8.02. The van der Waals surface area contributed by atoms with E-state index < -0.39 is 0 Å². The molecule has 0 amide bonds. The SMILES string of the molecule is COC[C@@H]1CN(C2CCN(C(C)C)CC2)CCN1C1CCC(C(C)C)CC1. The predicted molar refractivity (Wildman–Crippen MR) is 114 cm³/mol. The van der Waals surface area contributed by atoms with E-state index in [0.29, 0.717) is 12.1 Å². The van der Waals surface area contributed by atoms with Gasteiger partial charge in [-0.1, -0.05) is 13.8 Å². The maximum absolute atomic E-state index is 5.67. The number of hydrogen-bond donors (Lipinski definition) is 0. The molecule has 2 saturated heterocycles. The highest BCUT2D eigenvalue weighted by atomic mass is 16.5. The number of likely N-dealkylation sites (tertiary alicyclic amines) is 1. The van der Waals surface area contributed by atoms with Gasteiger partial charge in [-0.3, -0.25) is 9.80 Å². The Morgan fingerprint density at radius 3 is 2.04 bits per heavy atom. The van der Waals surface area contributed by atoms with Crippen LogP contribution in [0.1, 0.15) is 66.2 Å². The molecule has 1 atom stereocenters. The van der Waals surface area contributed by atoms with Crippen LogP contribution in [0.3, 0.4) is 0 Å². The van der Waals surface area contributed by atoms with E-state index in [1.165, 1.54) is 71.2 Å². The molecule has 1 aliphatic carbocycles. The van der Waals surface area contributed by atoms with Crippen molar-refractivity contribution in [3.8, 4) is 0 Å². The number of methoxy groups -OCH3 is 1. The minimum Gasteiger partial charge on any atom is -0.383 e. The Bertz CT molecular complexity index is 425. The lowest BCUT2D eigenvalue weighted by molar-refractivity contribution is -0.0350. The van der Waals surface area contributed by atoms with Crippen molar-refractivity contribution in [3.63, 3.8) is 0 Å². The molecule has 3 rings (SSSR count). The summed E-state index contributed by atoms with van der Waals surface area (Å²) in [7, 11) is 1.88. The number of nitrogens with zero attached hydrogens (tertiary/aromatic N) is 3. The summed E-state index contributed by atoms with van der Waals surface area (Å²) in [6.45, 7) is 16.6. The van der Waals surface area contributed by atoms with E-state index >= 15 is 0 Å². The van der Waals surface area contributed by atoms with Gasteiger partial charge in [-0.25, -0.2) is 0 Å². The van der Waals surface area contributed by atoms with Gasteiger partial charge in [0, 0.05) is 50.9 Å². The molecule has 0 radical (unpaired) electrons. The molecule has 3 aliphatic rings. The van der Waals surface area contributed by atoms with Gasteiger partial charge < -0.3 is 9.64 Å². The minimum atomic E-state index is 0.590. The fourth-order valence-corrected chi connectivity index (χ4v) is 5.91. The molecule has 0 unspecified atom stereocenters. The van der Waals surface area contributed by atoms with Gasteiger partial charge in [-0.2, -0.15) is 0 Å². The summed E-state index contributed by atoms with van der Waals surface area (Å²) in [6.07, 6.45) is 8.34. The van der Waals surface area contributed by atoms with Crippen molar-refractivity contribution in [3.05, 3.63) is 0 Å². The van der Waals surface area contributed by atoms with Crippen LogP contribution in [0.5, 0.6) is 0 Å². The molecular weight excluding hydrogens is 334 g/mol. The molecule has 4 heteroatoms. The summed E-state index contributed by atoms with van der Waals surface area (Å²) in [4.78, 5) is 8.28. The molecule has 2 aliphatic heterocycles. The van der Waals surface area contributed by atoms with Crippen LogP contribution in [-0.4, -0.2) is 85.3 Å². The first-order valence-corrected chi connectivity index (χ1v) is 11.7. The van der Waals surface area contributed by atoms with Crippen LogP contribution in [0.15, 0.2) is 0 Å². The Balaban J connectivity index is 1.53. The summed E-state index contributed by atoms with van der Waals surface area (Å²) in [5, 5.41) is 0. The standard InChI is InChI=1S/C23H45N3O/c1-18(2)20-6-8-22(9-7-20)26-15-14-25(16-23(26)17-27-5)21-10-12-24(13-11-21)19(3)4/h18-23H,6-17H2,1-5H3/t20?,22?,23-/m0/s1. The van der Waals surface area contributed by atoms with Crippen molar-refractivity contribution in [1.29, 1.82) is 0 Å². The zero-order chi connectivity index (χ0) is 19.4. The molecule has 1 saturated carbocycles. The van der Waals surface area contributed by atoms with Gasteiger partial charge in [-0.05, 0) is 77.3 Å². The van der Waals surface area contributed by atoms with Gasteiger partial charge in [0.2, 0.25) is 0 Å². The lowest BCUT2D eigenvalue weighted by Crippen LogP contribution is -2.61. The van der Waals surface area contributed by atoms with E-state index in [9.17, 15) is 0 Å². The molecule has 0 bridgehead atoms. The summed E-state index contributed by atoms with van der Waals surface area (Å²) in [6, 6.07) is 2.88. The number of rotatable bonds is 6. The molecule has 0 spiro atoms. The van der Waals surface area contributed by atoms with Crippen molar-refractivity contribution < 1.29 is 4.74 Å². The van der Waals surface area contributed by atoms with Gasteiger partial charge >= 0.3 is 0 Å². The van der Waals surface area contributed by atoms with E-state index in [4.69, 9.17) is 4.74 Å². The van der Waals surface area contributed by atoms with E-state index in [2.05, 4.69) is 42.4 Å². The molecule has 0 N–H and O–H groups in total. The highest BCUT2D eigenvalue weighted by Gasteiger charge is 2.37. The van der Waals surface area contributed by atoms with Crippen LogP contribution in [0.25, 0.3) is 0 Å². The van der Waals surface area contributed by atoms with E-state index in [-0.39, 0.29) is 0 Å². The van der Waals surface area contributed by atoms with Gasteiger partial charge in [0.25, 0.3) is 0 Å². The molecule has 0 aromatic rings. The first kappa shape index (κ1) is 21.5. The van der Waals surface area contributed by atoms with E-state index in [1.807, 2.05) is 7.11 Å². The Labute approximate surface area is 168 Å². The fourth-order valence-electron chi connectivity index (χ4n) is 5.91. The Morgan fingerprint density at radius 1 is 0.815 bits per heavy atom. The third-order valence-corrected chi connectivity index (χ3v) is 7.82. The largest absolute Gasteiger partial charge is 0.383 e. The molecule has 0 aromatic heterocycles. The lowest BCUT2D eigenvalue weighted by Gasteiger charge is -2.50. The van der Waals surface area contributed by atoms with Crippen molar-refractivity contribution in [2.75, 3.05) is 46.4 Å². The average Bonchev–Trinajstić information content (AvgIpc) is 2.68. The fraction of sp³-hybridized carbons (Fsp3) is 1.00. The normalized spacial score (nSPS) is 33.2. The van der Waals surface area contributed by atoms with Crippen LogP contribution in [-0.2, 0) is 4.74 Å². The quantitative estimate of drug-likeness (QED) is 0.700. The van der Waals surface area contributed by atoms with Gasteiger partial charge in [0.1, 0.15) is 0 Å². The van der Waals surface area contributed by atoms with E-state index in [0.717, 1.165) is 30.5 Å². The van der Waals surface area contributed by atoms with Crippen molar-refractivity contribution in [1.82, 2.24) is 14.7 Å². The third-order valence-electron chi connectivity index (χ3n) is 7.82. The Morgan fingerprint density at radius 2 is 1.48 bits per heavy atom. The monoisotopic (exact) mass is 379 g/mol. The molecule has 0 aromatic carbocycles. The van der Waals surface area contributed by atoms with Crippen LogP contribution >= 0.6 is 0 Å².